The van der Waals surface area contributed by atoms with Crippen LogP contribution in [-0.4, -0.2) is 35.0 Å². The van der Waals surface area contributed by atoms with Crippen molar-refractivity contribution in [1.82, 2.24) is 4.90 Å². The van der Waals surface area contributed by atoms with E-state index < -0.39 is 6.04 Å². The molecular weight excluding hydrogens is 422 g/mol. The molecule has 0 unspecified atom stereocenters. The molecule has 1 heterocycles. The van der Waals surface area contributed by atoms with Crippen molar-refractivity contribution < 1.29 is 14.3 Å². The van der Waals surface area contributed by atoms with Crippen molar-refractivity contribution >= 4 is 40.5 Å². The van der Waals surface area contributed by atoms with E-state index in [1.54, 1.807) is 31.4 Å². The number of hydrogen-bond donors (Lipinski definition) is 1. The number of hydrogen-bond acceptors (Lipinski definition) is 4. The Bertz CT molecular complexity index is 1100. The third-order valence-electron chi connectivity index (χ3n) is 5.28. The predicted octanol–water partition coefficient (Wildman–Crippen LogP) is 4.23. The van der Waals surface area contributed by atoms with Crippen LogP contribution >= 0.6 is 12.2 Å². The Morgan fingerprint density at radius 1 is 0.969 bits per heavy atom. The van der Waals surface area contributed by atoms with E-state index in [0.717, 1.165) is 5.56 Å². The number of thiocarbonyl (C=S) groups is 1. The molecule has 0 spiro atoms. The number of ether oxygens (including phenoxy) is 1. The summed E-state index contributed by atoms with van der Waals surface area (Å²) < 4.78 is 5.15. The Kier molecular flexibility index (Phi) is 6.47. The Balaban J connectivity index is 1.56. The maximum atomic E-state index is 13.4. The van der Waals surface area contributed by atoms with Gasteiger partial charge in [-0.2, -0.15) is 0 Å². The standard InChI is InChI=1S/C25H23N3O3S/c1-31-21-14-12-19(13-15-21)26-23(29)16-22-24(30)28(20-10-6-3-7-11-20)25(32)27(22)17-18-8-4-2-5-9-18/h2-15,22H,16-17H2,1H3,(H,26,29)/t22-/m0/s1. The summed E-state index contributed by atoms with van der Waals surface area (Å²) in [5.41, 5.74) is 2.34. The van der Waals surface area contributed by atoms with Gasteiger partial charge in [-0.1, -0.05) is 48.5 Å². The lowest BCUT2D eigenvalue weighted by Crippen LogP contribution is -2.37. The van der Waals surface area contributed by atoms with E-state index in [9.17, 15) is 9.59 Å². The molecule has 1 aliphatic rings. The monoisotopic (exact) mass is 445 g/mol. The van der Waals surface area contributed by atoms with Gasteiger partial charge in [0.25, 0.3) is 5.91 Å². The molecule has 0 aliphatic carbocycles. The van der Waals surface area contributed by atoms with Crippen LogP contribution < -0.4 is 15.0 Å². The van der Waals surface area contributed by atoms with E-state index in [-0.39, 0.29) is 18.2 Å². The first kappa shape index (κ1) is 21.5. The molecule has 6 nitrogen and oxygen atoms in total. The summed E-state index contributed by atoms with van der Waals surface area (Å²) in [6.45, 7) is 0.440. The van der Waals surface area contributed by atoms with Crippen molar-refractivity contribution in [2.45, 2.75) is 19.0 Å². The first-order chi connectivity index (χ1) is 15.6. The number of nitrogens with zero attached hydrogens (tertiary/aromatic N) is 2. The molecule has 4 rings (SSSR count). The summed E-state index contributed by atoms with van der Waals surface area (Å²) in [4.78, 5) is 29.6. The Labute approximate surface area is 192 Å². The summed E-state index contributed by atoms with van der Waals surface area (Å²) in [5.74, 6) is 0.234. The van der Waals surface area contributed by atoms with Gasteiger partial charge < -0.3 is 15.0 Å². The number of anilines is 2. The molecule has 0 aromatic heterocycles. The minimum atomic E-state index is -0.693. The molecule has 1 aliphatic heterocycles. The molecule has 1 atom stereocenters. The van der Waals surface area contributed by atoms with Gasteiger partial charge >= 0.3 is 0 Å². The lowest BCUT2D eigenvalue weighted by Gasteiger charge is -2.24. The van der Waals surface area contributed by atoms with E-state index in [2.05, 4.69) is 5.32 Å². The zero-order valence-corrected chi connectivity index (χ0v) is 18.4. The summed E-state index contributed by atoms with van der Waals surface area (Å²) in [5, 5.41) is 3.26. The SMILES string of the molecule is COc1ccc(NC(=O)C[C@H]2C(=O)N(c3ccccc3)C(=S)N2Cc2ccccc2)cc1. The van der Waals surface area contributed by atoms with Crippen molar-refractivity contribution in [3.63, 3.8) is 0 Å². The Morgan fingerprint density at radius 2 is 1.59 bits per heavy atom. The third-order valence-corrected chi connectivity index (χ3v) is 5.70. The highest BCUT2D eigenvalue weighted by Crippen LogP contribution is 2.29. The van der Waals surface area contributed by atoms with Crippen LogP contribution in [0.2, 0.25) is 0 Å². The molecule has 1 saturated heterocycles. The minimum absolute atomic E-state index is 0.0127. The van der Waals surface area contributed by atoms with Crippen molar-refractivity contribution in [3.05, 3.63) is 90.5 Å². The minimum Gasteiger partial charge on any atom is -0.497 e. The van der Waals surface area contributed by atoms with Crippen LogP contribution in [0.4, 0.5) is 11.4 Å². The van der Waals surface area contributed by atoms with E-state index >= 15 is 0 Å². The maximum Gasteiger partial charge on any atom is 0.256 e. The van der Waals surface area contributed by atoms with E-state index in [1.165, 1.54) is 4.90 Å². The summed E-state index contributed by atoms with van der Waals surface area (Å²) in [7, 11) is 1.59. The number of amides is 2. The van der Waals surface area contributed by atoms with Crippen LogP contribution in [0.5, 0.6) is 5.75 Å². The molecule has 3 aromatic rings. The second kappa shape index (κ2) is 9.62. The highest BCUT2D eigenvalue weighted by molar-refractivity contribution is 7.80. The fourth-order valence-corrected chi connectivity index (χ4v) is 4.06. The van der Waals surface area contributed by atoms with Gasteiger partial charge in [0.05, 0.1) is 19.2 Å². The molecular formula is C25H23N3O3S. The number of rotatable bonds is 7. The van der Waals surface area contributed by atoms with Gasteiger partial charge in [-0.3, -0.25) is 14.5 Å². The van der Waals surface area contributed by atoms with Gasteiger partial charge in [0.2, 0.25) is 5.91 Å². The highest BCUT2D eigenvalue weighted by atomic mass is 32.1. The van der Waals surface area contributed by atoms with Gasteiger partial charge in [-0.05, 0) is 54.2 Å². The smallest absolute Gasteiger partial charge is 0.256 e. The first-order valence-corrected chi connectivity index (χ1v) is 10.6. The lowest BCUT2D eigenvalue weighted by atomic mass is 10.1. The highest BCUT2D eigenvalue weighted by Gasteiger charge is 2.44. The topological polar surface area (TPSA) is 61.9 Å². The van der Waals surface area contributed by atoms with Gasteiger partial charge in [0, 0.05) is 12.2 Å². The number of carbonyl (C=O) groups excluding carboxylic acids is 2. The van der Waals surface area contributed by atoms with Gasteiger partial charge in [-0.25, -0.2) is 0 Å². The van der Waals surface area contributed by atoms with Crippen molar-refractivity contribution in [3.8, 4) is 5.75 Å². The molecule has 7 heteroatoms. The molecule has 0 bridgehead atoms. The number of nitrogens with one attached hydrogen (secondary N) is 1. The molecule has 0 radical (unpaired) electrons. The van der Waals surface area contributed by atoms with Gasteiger partial charge in [0.15, 0.2) is 5.11 Å². The van der Waals surface area contributed by atoms with Crippen LogP contribution in [0, 0.1) is 0 Å². The molecule has 162 valence electrons. The Morgan fingerprint density at radius 3 is 2.22 bits per heavy atom. The van der Waals surface area contributed by atoms with E-state index in [0.29, 0.717) is 28.8 Å². The fourth-order valence-electron chi connectivity index (χ4n) is 3.67. The van der Waals surface area contributed by atoms with Crippen LogP contribution in [0.15, 0.2) is 84.9 Å². The molecule has 1 fully saturated rings. The molecule has 1 N–H and O–H groups in total. The molecule has 3 aromatic carbocycles. The second-order valence-corrected chi connectivity index (χ2v) is 7.77. The Hall–Kier alpha value is -3.71. The molecule has 32 heavy (non-hydrogen) atoms. The van der Waals surface area contributed by atoms with Gasteiger partial charge in [-0.15, -0.1) is 0 Å². The molecule has 2 amide bonds. The summed E-state index contributed by atoms with van der Waals surface area (Å²) >= 11 is 5.69. The van der Waals surface area contributed by atoms with Crippen molar-refractivity contribution in [2.75, 3.05) is 17.3 Å². The fraction of sp³-hybridized carbons (Fsp3) is 0.160. The van der Waals surface area contributed by atoms with Crippen LogP contribution in [0.25, 0.3) is 0 Å². The normalized spacial score (nSPS) is 15.7. The van der Waals surface area contributed by atoms with E-state index in [1.807, 2.05) is 65.6 Å². The second-order valence-electron chi connectivity index (χ2n) is 7.40. The zero-order valence-electron chi connectivity index (χ0n) is 17.6. The summed E-state index contributed by atoms with van der Waals surface area (Å²) in [6, 6.07) is 25.4. The summed E-state index contributed by atoms with van der Waals surface area (Å²) in [6.07, 6.45) is -0.0127. The quantitative estimate of drug-likeness (QED) is 0.552. The zero-order chi connectivity index (χ0) is 22.5. The number of methoxy groups -OCH3 is 1. The largest absolute Gasteiger partial charge is 0.497 e. The average molecular weight is 446 g/mol. The van der Waals surface area contributed by atoms with Crippen LogP contribution in [-0.2, 0) is 16.1 Å². The first-order valence-electron chi connectivity index (χ1n) is 10.2. The predicted molar refractivity (Wildman–Crippen MR) is 129 cm³/mol. The van der Waals surface area contributed by atoms with Crippen molar-refractivity contribution in [2.24, 2.45) is 0 Å². The lowest BCUT2D eigenvalue weighted by molar-refractivity contribution is -0.124. The van der Waals surface area contributed by atoms with Crippen LogP contribution in [0.1, 0.15) is 12.0 Å². The maximum absolute atomic E-state index is 13.4. The number of carbonyl (C=O) groups is 2. The number of para-hydroxylation sites is 1. The van der Waals surface area contributed by atoms with E-state index in [4.69, 9.17) is 17.0 Å². The van der Waals surface area contributed by atoms with Crippen LogP contribution in [0.3, 0.4) is 0 Å². The third kappa shape index (κ3) is 4.63. The average Bonchev–Trinajstić information content (AvgIpc) is 3.04. The van der Waals surface area contributed by atoms with Crippen molar-refractivity contribution in [1.29, 1.82) is 0 Å². The number of benzene rings is 3. The van der Waals surface area contributed by atoms with Gasteiger partial charge in [0.1, 0.15) is 11.8 Å². The molecule has 0 saturated carbocycles.